The van der Waals surface area contributed by atoms with Gasteiger partial charge in [0.15, 0.2) is 0 Å². The minimum absolute atomic E-state index is 0.197. The van der Waals surface area contributed by atoms with E-state index in [9.17, 15) is 5.11 Å². The summed E-state index contributed by atoms with van der Waals surface area (Å²) >= 11 is 0. The van der Waals surface area contributed by atoms with E-state index in [2.05, 4.69) is 23.9 Å². The van der Waals surface area contributed by atoms with Crippen molar-refractivity contribution in [1.82, 2.24) is 9.80 Å². The van der Waals surface area contributed by atoms with Gasteiger partial charge in [-0.25, -0.2) is 0 Å². The molecular formula is C14H30N2O4. The molecule has 1 rings (SSSR count). The monoisotopic (exact) mass is 290 g/mol. The van der Waals surface area contributed by atoms with Crippen LogP contribution in [0.1, 0.15) is 6.42 Å². The Morgan fingerprint density at radius 1 is 1.10 bits per heavy atom. The molecule has 2 atom stereocenters. The highest BCUT2D eigenvalue weighted by Crippen LogP contribution is 2.17. The van der Waals surface area contributed by atoms with Gasteiger partial charge < -0.3 is 24.2 Å². The van der Waals surface area contributed by atoms with E-state index in [1.54, 1.807) is 7.11 Å². The highest BCUT2D eigenvalue weighted by atomic mass is 16.5. The van der Waals surface area contributed by atoms with Crippen LogP contribution >= 0.6 is 0 Å². The van der Waals surface area contributed by atoms with Crippen LogP contribution in [0.25, 0.3) is 0 Å². The molecule has 0 spiro atoms. The standard InChI is InChI=1S/C14H30N2O4/c1-15(2)11-13-10-14(17)12-16(13)4-5-19-8-9-20-7-6-18-3/h13-14,17H,4-12H2,1-3H3. The molecule has 1 N–H and O–H groups in total. The number of likely N-dealkylation sites (tertiary alicyclic amines) is 1. The third-order valence-electron chi connectivity index (χ3n) is 3.41. The molecule has 0 radical (unpaired) electrons. The molecule has 0 amide bonds. The van der Waals surface area contributed by atoms with Gasteiger partial charge in [0.05, 0.1) is 39.1 Å². The van der Waals surface area contributed by atoms with Crippen molar-refractivity contribution in [1.29, 1.82) is 0 Å². The summed E-state index contributed by atoms with van der Waals surface area (Å²) in [4.78, 5) is 4.48. The molecule has 1 fully saturated rings. The highest BCUT2D eigenvalue weighted by Gasteiger charge is 2.30. The number of nitrogens with zero attached hydrogens (tertiary/aromatic N) is 2. The largest absolute Gasteiger partial charge is 0.392 e. The van der Waals surface area contributed by atoms with Crippen LogP contribution in [0, 0.1) is 0 Å². The van der Waals surface area contributed by atoms with E-state index >= 15 is 0 Å². The maximum Gasteiger partial charge on any atom is 0.0701 e. The number of hydrogen-bond acceptors (Lipinski definition) is 6. The van der Waals surface area contributed by atoms with Crippen LogP contribution in [-0.2, 0) is 14.2 Å². The summed E-state index contributed by atoms with van der Waals surface area (Å²) in [6.07, 6.45) is 0.663. The number of hydrogen-bond donors (Lipinski definition) is 1. The molecule has 1 saturated heterocycles. The maximum atomic E-state index is 9.77. The Morgan fingerprint density at radius 3 is 2.40 bits per heavy atom. The first kappa shape index (κ1) is 17.8. The number of β-amino-alcohol motifs (C(OH)–C–C–N with tert-alkyl or cyclic N) is 1. The normalized spacial score (nSPS) is 23.9. The second-order valence-electron chi connectivity index (χ2n) is 5.52. The van der Waals surface area contributed by atoms with Crippen LogP contribution in [0.2, 0.25) is 0 Å². The lowest BCUT2D eigenvalue weighted by Crippen LogP contribution is -2.39. The fourth-order valence-corrected chi connectivity index (χ4v) is 2.49. The van der Waals surface area contributed by atoms with Gasteiger partial charge in [0.2, 0.25) is 0 Å². The second-order valence-corrected chi connectivity index (χ2v) is 5.52. The second kappa shape index (κ2) is 10.5. The summed E-state index contributed by atoms with van der Waals surface area (Å²) in [5.41, 5.74) is 0. The van der Waals surface area contributed by atoms with Gasteiger partial charge in [0, 0.05) is 32.8 Å². The number of rotatable bonds is 11. The Bertz CT molecular complexity index is 241. The van der Waals surface area contributed by atoms with Crippen LogP contribution in [0.15, 0.2) is 0 Å². The van der Waals surface area contributed by atoms with Gasteiger partial charge >= 0.3 is 0 Å². The number of ether oxygens (including phenoxy) is 3. The molecule has 1 aliphatic rings. The summed E-state index contributed by atoms with van der Waals surface area (Å²) in [5, 5.41) is 9.77. The third-order valence-corrected chi connectivity index (χ3v) is 3.41. The summed E-state index contributed by atoms with van der Waals surface area (Å²) < 4.78 is 15.8. The van der Waals surface area contributed by atoms with Gasteiger partial charge in [0.1, 0.15) is 0 Å². The molecular weight excluding hydrogens is 260 g/mol. The van der Waals surface area contributed by atoms with Gasteiger partial charge in [-0.3, -0.25) is 4.90 Å². The SMILES string of the molecule is COCCOCCOCCN1CC(O)CC1CN(C)C. The summed E-state index contributed by atoms with van der Waals surface area (Å²) in [6, 6.07) is 0.432. The lowest BCUT2D eigenvalue weighted by Gasteiger charge is -2.26. The topological polar surface area (TPSA) is 54.4 Å². The molecule has 20 heavy (non-hydrogen) atoms. The molecule has 1 aliphatic heterocycles. The van der Waals surface area contributed by atoms with Crippen molar-refractivity contribution >= 4 is 0 Å². The fraction of sp³-hybridized carbons (Fsp3) is 1.00. The van der Waals surface area contributed by atoms with Crippen molar-refractivity contribution in [3.63, 3.8) is 0 Å². The van der Waals surface area contributed by atoms with E-state index < -0.39 is 0 Å². The molecule has 120 valence electrons. The smallest absolute Gasteiger partial charge is 0.0701 e. The minimum Gasteiger partial charge on any atom is -0.392 e. The zero-order valence-corrected chi connectivity index (χ0v) is 13.1. The van der Waals surface area contributed by atoms with Gasteiger partial charge in [-0.1, -0.05) is 0 Å². The Hall–Kier alpha value is -0.240. The molecule has 6 nitrogen and oxygen atoms in total. The Balaban J connectivity index is 2.05. The third kappa shape index (κ3) is 7.52. The lowest BCUT2D eigenvalue weighted by atomic mass is 10.2. The van der Waals surface area contributed by atoms with Crippen LogP contribution in [0.3, 0.4) is 0 Å². The average Bonchev–Trinajstić information content (AvgIpc) is 2.72. The van der Waals surface area contributed by atoms with Crippen LogP contribution < -0.4 is 0 Å². The highest BCUT2D eigenvalue weighted by molar-refractivity contribution is 4.86. The summed E-state index contributed by atoms with van der Waals surface area (Å²) in [5.74, 6) is 0. The number of likely N-dealkylation sites (N-methyl/N-ethyl adjacent to an activating group) is 1. The van der Waals surface area contributed by atoms with Crippen molar-refractivity contribution in [2.45, 2.75) is 18.6 Å². The summed E-state index contributed by atoms with van der Waals surface area (Å²) in [7, 11) is 5.79. The first-order chi connectivity index (χ1) is 9.63. The minimum atomic E-state index is -0.197. The van der Waals surface area contributed by atoms with Gasteiger partial charge in [-0.15, -0.1) is 0 Å². The number of methoxy groups -OCH3 is 1. The van der Waals surface area contributed by atoms with Crippen LogP contribution in [0.4, 0.5) is 0 Å². The quantitative estimate of drug-likeness (QED) is 0.526. The van der Waals surface area contributed by atoms with E-state index in [4.69, 9.17) is 14.2 Å². The maximum absolute atomic E-state index is 9.77. The van der Waals surface area contributed by atoms with Crippen molar-refractivity contribution in [3.05, 3.63) is 0 Å². The zero-order valence-electron chi connectivity index (χ0n) is 13.1. The summed E-state index contributed by atoms with van der Waals surface area (Å²) in [6.45, 7) is 5.74. The Labute approximate surface area is 122 Å². The predicted molar refractivity (Wildman–Crippen MR) is 78.1 cm³/mol. The van der Waals surface area contributed by atoms with Gasteiger partial charge in [0.25, 0.3) is 0 Å². The van der Waals surface area contributed by atoms with Crippen LogP contribution in [-0.4, -0.2) is 101 Å². The first-order valence-electron chi connectivity index (χ1n) is 7.34. The first-order valence-corrected chi connectivity index (χ1v) is 7.34. The van der Waals surface area contributed by atoms with Crippen molar-refractivity contribution in [2.24, 2.45) is 0 Å². The van der Waals surface area contributed by atoms with Gasteiger partial charge in [-0.05, 0) is 20.5 Å². The number of aliphatic hydroxyl groups is 1. The van der Waals surface area contributed by atoms with E-state index in [1.807, 2.05) is 0 Å². The fourth-order valence-electron chi connectivity index (χ4n) is 2.49. The average molecular weight is 290 g/mol. The molecule has 2 unspecified atom stereocenters. The Kier molecular flexibility index (Phi) is 9.33. The molecule has 0 aromatic heterocycles. The van der Waals surface area contributed by atoms with Crippen molar-refractivity contribution in [3.8, 4) is 0 Å². The molecule has 0 aliphatic carbocycles. The van der Waals surface area contributed by atoms with E-state index in [0.29, 0.717) is 39.1 Å². The zero-order chi connectivity index (χ0) is 14.8. The van der Waals surface area contributed by atoms with Crippen molar-refractivity contribution in [2.75, 3.05) is 73.9 Å². The molecule has 0 aromatic rings. The van der Waals surface area contributed by atoms with Crippen molar-refractivity contribution < 1.29 is 19.3 Å². The molecule has 1 heterocycles. The van der Waals surface area contributed by atoms with E-state index in [0.717, 1.165) is 26.1 Å². The Morgan fingerprint density at radius 2 is 1.75 bits per heavy atom. The predicted octanol–water partition coefficient (Wildman–Crippen LogP) is -0.337. The molecule has 6 heteroatoms. The molecule has 0 bridgehead atoms. The van der Waals surface area contributed by atoms with Gasteiger partial charge in [-0.2, -0.15) is 0 Å². The van der Waals surface area contributed by atoms with Crippen LogP contribution in [0.5, 0.6) is 0 Å². The van der Waals surface area contributed by atoms with E-state index in [-0.39, 0.29) is 6.10 Å². The lowest BCUT2D eigenvalue weighted by molar-refractivity contribution is 0.0176. The molecule has 0 saturated carbocycles. The van der Waals surface area contributed by atoms with E-state index in [1.165, 1.54) is 0 Å². The molecule has 0 aromatic carbocycles. The number of aliphatic hydroxyl groups excluding tert-OH is 1.